The van der Waals surface area contributed by atoms with Crippen LogP contribution in [0, 0.1) is 0 Å². The molecule has 2 heterocycles. The largest absolute Gasteiger partial charge is 0.468 e. The monoisotopic (exact) mass is 220 g/mol. The summed E-state index contributed by atoms with van der Waals surface area (Å²) in [6.45, 7) is 0. The highest BCUT2D eigenvalue weighted by Gasteiger charge is 1.97. The maximum Gasteiger partial charge on any atom is 0.123 e. The lowest BCUT2D eigenvalue weighted by molar-refractivity contribution is 0.530. The van der Waals surface area contributed by atoms with E-state index in [4.69, 9.17) is 10.2 Å². The lowest BCUT2D eigenvalue weighted by Gasteiger charge is -2.00. The molecule has 0 aromatic carbocycles. The average Bonchev–Trinajstić information content (AvgIpc) is 2.74. The predicted octanol–water partition coefficient (Wildman–Crippen LogP) is 2.69. The zero-order valence-corrected chi connectivity index (χ0v) is 9.04. The maximum atomic E-state index is 5.50. The molecule has 0 saturated heterocycles. The van der Waals surface area contributed by atoms with E-state index < -0.39 is 0 Å². The number of thioether (sulfide) groups is 1. The van der Waals surface area contributed by atoms with Crippen LogP contribution in [-0.2, 0) is 11.5 Å². The fraction of sp³-hybridized carbons (Fsp3) is 0.182. The first-order valence-electron chi connectivity index (χ1n) is 4.65. The van der Waals surface area contributed by atoms with Gasteiger partial charge in [-0.1, -0.05) is 6.07 Å². The van der Waals surface area contributed by atoms with Crippen molar-refractivity contribution in [3.63, 3.8) is 0 Å². The van der Waals surface area contributed by atoms with E-state index in [0.29, 0.717) is 5.82 Å². The number of rotatable bonds is 4. The molecule has 4 heteroatoms. The van der Waals surface area contributed by atoms with E-state index in [1.165, 1.54) is 5.56 Å². The number of nitrogen functional groups attached to an aromatic ring is 1. The average molecular weight is 220 g/mol. The van der Waals surface area contributed by atoms with Gasteiger partial charge in [-0.05, 0) is 23.8 Å². The van der Waals surface area contributed by atoms with Crippen LogP contribution in [0.5, 0.6) is 0 Å². The third kappa shape index (κ3) is 3.02. The quantitative estimate of drug-likeness (QED) is 0.860. The Hall–Kier alpha value is -1.42. The molecule has 0 fully saturated rings. The summed E-state index contributed by atoms with van der Waals surface area (Å²) in [5, 5.41) is 0. The molecule has 3 nitrogen and oxygen atoms in total. The lowest BCUT2D eigenvalue weighted by Crippen LogP contribution is -1.90. The minimum atomic E-state index is 0.565. The Morgan fingerprint density at radius 1 is 1.27 bits per heavy atom. The summed E-state index contributed by atoms with van der Waals surface area (Å²) in [5.74, 6) is 3.38. The van der Waals surface area contributed by atoms with Gasteiger partial charge in [0.1, 0.15) is 11.6 Å². The zero-order chi connectivity index (χ0) is 10.5. The van der Waals surface area contributed by atoms with Crippen molar-refractivity contribution in [2.45, 2.75) is 11.5 Å². The molecule has 2 aromatic rings. The Balaban J connectivity index is 1.81. The minimum absolute atomic E-state index is 0.565. The second-order valence-corrected chi connectivity index (χ2v) is 4.15. The fourth-order valence-corrected chi connectivity index (χ4v) is 2.06. The number of furan rings is 1. The number of anilines is 1. The molecule has 2 aromatic heterocycles. The number of aromatic nitrogens is 1. The SMILES string of the molecule is Nc1ccc(CSCc2ccco2)cn1. The summed E-state index contributed by atoms with van der Waals surface area (Å²) < 4.78 is 5.23. The van der Waals surface area contributed by atoms with E-state index >= 15 is 0 Å². The Labute approximate surface area is 92.7 Å². The molecule has 78 valence electrons. The van der Waals surface area contributed by atoms with Crippen molar-refractivity contribution in [3.8, 4) is 0 Å². The van der Waals surface area contributed by atoms with Crippen molar-refractivity contribution in [1.29, 1.82) is 0 Å². The highest BCUT2D eigenvalue weighted by molar-refractivity contribution is 7.97. The first-order valence-corrected chi connectivity index (χ1v) is 5.80. The number of hydrogen-bond acceptors (Lipinski definition) is 4. The van der Waals surface area contributed by atoms with Gasteiger partial charge in [0.05, 0.1) is 12.0 Å². The molecular weight excluding hydrogens is 208 g/mol. The van der Waals surface area contributed by atoms with Crippen molar-refractivity contribution in [1.82, 2.24) is 4.98 Å². The van der Waals surface area contributed by atoms with Gasteiger partial charge >= 0.3 is 0 Å². The van der Waals surface area contributed by atoms with E-state index in [1.807, 2.05) is 30.5 Å². The molecule has 0 aliphatic carbocycles. The van der Waals surface area contributed by atoms with Crippen LogP contribution >= 0.6 is 11.8 Å². The number of hydrogen-bond donors (Lipinski definition) is 1. The molecule has 0 saturated carbocycles. The van der Waals surface area contributed by atoms with Crippen LogP contribution in [0.4, 0.5) is 5.82 Å². The van der Waals surface area contributed by atoms with Gasteiger partial charge in [0.15, 0.2) is 0 Å². The molecule has 15 heavy (non-hydrogen) atoms. The van der Waals surface area contributed by atoms with Crippen LogP contribution in [0.1, 0.15) is 11.3 Å². The van der Waals surface area contributed by atoms with Gasteiger partial charge < -0.3 is 10.2 Å². The molecular formula is C11H12N2OS. The summed E-state index contributed by atoms with van der Waals surface area (Å²) in [7, 11) is 0. The number of pyridine rings is 1. The van der Waals surface area contributed by atoms with Crippen molar-refractivity contribution in [3.05, 3.63) is 48.0 Å². The summed E-state index contributed by atoms with van der Waals surface area (Å²) in [4.78, 5) is 4.04. The fourth-order valence-electron chi connectivity index (χ4n) is 1.19. The van der Waals surface area contributed by atoms with Gasteiger partial charge in [-0.2, -0.15) is 0 Å². The molecule has 0 aliphatic heterocycles. The Morgan fingerprint density at radius 2 is 2.20 bits per heavy atom. The zero-order valence-electron chi connectivity index (χ0n) is 8.22. The van der Waals surface area contributed by atoms with E-state index in [1.54, 1.807) is 18.0 Å². The van der Waals surface area contributed by atoms with Gasteiger partial charge in [0.2, 0.25) is 0 Å². The normalized spacial score (nSPS) is 10.4. The van der Waals surface area contributed by atoms with Crippen LogP contribution in [0.15, 0.2) is 41.1 Å². The van der Waals surface area contributed by atoms with Crippen LogP contribution in [0.25, 0.3) is 0 Å². The summed E-state index contributed by atoms with van der Waals surface area (Å²) in [6, 6.07) is 7.70. The summed E-state index contributed by atoms with van der Waals surface area (Å²) in [6.07, 6.45) is 3.51. The second kappa shape index (κ2) is 4.89. The Morgan fingerprint density at radius 3 is 2.87 bits per heavy atom. The van der Waals surface area contributed by atoms with Gasteiger partial charge in [-0.25, -0.2) is 4.98 Å². The standard InChI is InChI=1S/C11H12N2OS/c12-11-4-3-9(6-13-11)7-15-8-10-2-1-5-14-10/h1-6H,7-8H2,(H2,12,13). The molecule has 0 amide bonds. The van der Waals surface area contributed by atoms with Gasteiger partial charge in [-0.15, -0.1) is 11.8 Å². The predicted molar refractivity (Wildman–Crippen MR) is 62.4 cm³/mol. The Kier molecular flexibility index (Phi) is 3.29. The smallest absolute Gasteiger partial charge is 0.123 e. The van der Waals surface area contributed by atoms with E-state index in [9.17, 15) is 0 Å². The summed E-state index contributed by atoms with van der Waals surface area (Å²) in [5.41, 5.74) is 6.68. The Bertz CT molecular complexity index is 397. The van der Waals surface area contributed by atoms with Crippen LogP contribution in [-0.4, -0.2) is 4.98 Å². The van der Waals surface area contributed by atoms with Gasteiger partial charge in [0, 0.05) is 11.9 Å². The second-order valence-electron chi connectivity index (χ2n) is 3.16. The third-order valence-electron chi connectivity index (χ3n) is 1.94. The van der Waals surface area contributed by atoms with Gasteiger partial charge in [-0.3, -0.25) is 0 Å². The number of nitrogens with zero attached hydrogens (tertiary/aromatic N) is 1. The molecule has 2 N–H and O–H groups in total. The summed E-state index contributed by atoms with van der Waals surface area (Å²) >= 11 is 1.80. The molecule has 0 unspecified atom stereocenters. The van der Waals surface area contributed by atoms with Crippen molar-refractivity contribution >= 4 is 17.6 Å². The van der Waals surface area contributed by atoms with Crippen LogP contribution < -0.4 is 5.73 Å². The van der Waals surface area contributed by atoms with E-state index in [0.717, 1.165) is 17.3 Å². The molecule has 0 spiro atoms. The topological polar surface area (TPSA) is 52.0 Å². The first-order chi connectivity index (χ1) is 7.34. The van der Waals surface area contributed by atoms with E-state index in [2.05, 4.69) is 4.98 Å². The maximum absolute atomic E-state index is 5.50. The number of nitrogens with two attached hydrogens (primary N) is 1. The van der Waals surface area contributed by atoms with Crippen LogP contribution in [0.2, 0.25) is 0 Å². The molecule has 0 bridgehead atoms. The highest BCUT2D eigenvalue weighted by Crippen LogP contribution is 2.17. The highest BCUT2D eigenvalue weighted by atomic mass is 32.2. The van der Waals surface area contributed by atoms with Crippen molar-refractivity contribution < 1.29 is 4.42 Å². The molecule has 0 aliphatic rings. The lowest BCUT2D eigenvalue weighted by atomic mass is 10.3. The van der Waals surface area contributed by atoms with Crippen molar-refractivity contribution in [2.75, 3.05) is 5.73 Å². The first kappa shape index (κ1) is 10.1. The van der Waals surface area contributed by atoms with Crippen molar-refractivity contribution in [2.24, 2.45) is 0 Å². The third-order valence-corrected chi connectivity index (χ3v) is 2.97. The van der Waals surface area contributed by atoms with E-state index in [-0.39, 0.29) is 0 Å². The van der Waals surface area contributed by atoms with Gasteiger partial charge in [0.25, 0.3) is 0 Å². The minimum Gasteiger partial charge on any atom is -0.468 e. The van der Waals surface area contributed by atoms with Crippen LogP contribution in [0.3, 0.4) is 0 Å². The molecule has 0 atom stereocenters. The molecule has 0 radical (unpaired) electrons. The molecule has 2 rings (SSSR count).